The van der Waals surface area contributed by atoms with Crippen molar-refractivity contribution in [1.29, 1.82) is 0 Å². The van der Waals surface area contributed by atoms with Gasteiger partial charge >= 0.3 is 0 Å². The standard InChI is InChI=1S/C19H15NO2/c1-13-8-10-14(11-9-13)19-18(21)16-6-4-12-20(16)15-5-2-3-7-17(15)22-19/h2-12,19H,1H3/t19-/m0/s1. The molecule has 0 fully saturated rings. The van der Waals surface area contributed by atoms with E-state index >= 15 is 0 Å². The summed E-state index contributed by atoms with van der Waals surface area (Å²) in [4.78, 5) is 12.9. The number of hydrogen-bond donors (Lipinski definition) is 0. The first-order chi connectivity index (χ1) is 10.7. The molecule has 0 amide bonds. The molecule has 1 atom stereocenters. The van der Waals surface area contributed by atoms with Gasteiger partial charge in [0.25, 0.3) is 0 Å². The van der Waals surface area contributed by atoms with Crippen molar-refractivity contribution in [2.75, 3.05) is 0 Å². The molecule has 3 nitrogen and oxygen atoms in total. The Morgan fingerprint density at radius 2 is 1.73 bits per heavy atom. The van der Waals surface area contributed by atoms with Crippen molar-refractivity contribution in [3.8, 4) is 11.4 Å². The van der Waals surface area contributed by atoms with Gasteiger partial charge in [-0.25, -0.2) is 0 Å². The maximum Gasteiger partial charge on any atom is 0.224 e. The largest absolute Gasteiger partial charge is 0.475 e. The number of benzene rings is 2. The van der Waals surface area contributed by atoms with E-state index in [1.165, 1.54) is 0 Å². The normalized spacial score (nSPS) is 16.4. The molecular weight excluding hydrogens is 274 g/mol. The summed E-state index contributed by atoms with van der Waals surface area (Å²) in [6.45, 7) is 2.03. The summed E-state index contributed by atoms with van der Waals surface area (Å²) in [6.07, 6.45) is 1.28. The van der Waals surface area contributed by atoms with Gasteiger partial charge in [0, 0.05) is 11.8 Å². The van der Waals surface area contributed by atoms with Crippen LogP contribution in [0.5, 0.6) is 5.75 Å². The number of hydrogen-bond acceptors (Lipinski definition) is 2. The van der Waals surface area contributed by atoms with Gasteiger partial charge in [-0.1, -0.05) is 42.0 Å². The Labute approximate surface area is 128 Å². The van der Waals surface area contributed by atoms with Crippen LogP contribution in [0.2, 0.25) is 0 Å². The number of carbonyl (C=O) groups is 1. The van der Waals surface area contributed by atoms with E-state index in [9.17, 15) is 4.79 Å². The van der Waals surface area contributed by atoms with Gasteiger partial charge in [0.1, 0.15) is 5.75 Å². The molecule has 1 aliphatic rings. The highest BCUT2D eigenvalue weighted by Gasteiger charge is 2.30. The molecule has 0 N–H and O–H groups in total. The van der Waals surface area contributed by atoms with Crippen LogP contribution < -0.4 is 4.74 Å². The number of aromatic nitrogens is 1. The highest BCUT2D eigenvalue weighted by Crippen LogP contribution is 2.35. The molecule has 0 aliphatic carbocycles. The first-order valence-electron chi connectivity index (χ1n) is 7.28. The van der Waals surface area contributed by atoms with Crippen LogP contribution in [0.4, 0.5) is 0 Å². The molecule has 0 saturated heterocycles. The average molecular weight is 289 g/mol. The molecule has 2 heterocycles. The van der Waals surface area contributed by atoms with Crippen LogP contribution >= 0.6 is 0 Å². The number of aryl methyl sites for hydroxylation is 1. The molecule has 0 radical (unpaired) electrons. The van der Waals surface area contributed by atoms with Gasteiger partial charge in [0.15, 0.2) is 6.10 Å². The number of carbonyl (C=O) groups excluding carboxylic acids is 1. The molecule has 1 aliphatic heterocycles. The second-order valence-corrected chi connectivity index (χ2v) is 5.50. The Balaban J connectivity index is 1.90. The molecule has 0 spiro atoms. The molecule has 0 unspecified atom stereocenters. The van der Waals surface area contributed by atoms with Gasteiger partial charge in [-0.2, -0.15) is 0 Å². The summed E-state index contributed by atoms with van der Waals surface area (Å²) in [5, 5.41) is 0. The number of para-hydroxylation sites is 2. The molecule has 108 valence electrons. The third kappa shape index (κ3) is 1.94. The molecule has 22 heavy (non-hydrogen) atoms. The van der Waals surface area contributed by atoms with Gasteiger partial charge < -0.3 is 9.30 Å². The molecule has 3 aromatic rings. The fourth-order valence-electron chi connectivity index (χ4n) is 2.82. The predicted octanol–water partition coefficient (Wildman–Crippen LogP) is 4.10. The summed E-state index contributed by atoms with van der Waals surface area (Å²) >= 11 is 0. The van der Waals surface area contributed by atoms with E-state index in [0.29, 0.717) is 5.69 Å². The molecule has 3 heteroatoms. The van der Waals surface area contributed by atoms with E-state index in [-0.39, 0.29) is 5.78 Å². The molecule has 0 saturated carbocycles. The van der Waals surface area contributed by atoms with E-state index in [1.807, 2.05) is 78.4 Å². The Morgan fingerprint density at radius 3 is 2.55 bits per heavy atom. The Bertz CT molecular complexity index is 846. The maximum absolute atomic E-state index is 12.9. The SMILES string of the molecule is Cc1ccc([C@@H]2Oc3ccccc3-n3cccc3C2=O)cc1. The van der Waals surface area contributed by atoms with Crippen molar-refractivity contribution >= 4 is 5.78 Å². The number of rotatable bonds is 1. The van der Waals surface area contributed by atoms with Crippen LogP contribution in [-0.2, 0) is 0 Å². The molecule has 4 rings (SSSR count). The van der Waals surface area contributed by atoms with E-state index in [0.717, 1.165) is 22.6 Å². The van der Waals surface area contributed by atoms with E-state index < -0.39 is 6.10 Å². The van der Waals surface area contributed by atoms with Gasteiger partial charge in [-0.05, 0) is 31.2 Å². The predicted molar refractivity (Wildman–Crippen MR) is 84.6 cm³/mol. The fourth-order valence-corrected chi connectivity index (χ4v) is 2.82. The maximum atomic E-state index is 12.9. The lowest BCUT2D eigenvalue weighted by atomic mass is 10.0. The number of ether oxygens (including phenoxy) is 1. The minimum absolute atomic E-state index is 0.0231. The minimum atomic E-state index is -0.613. The van der Waals surface area contributed by atoms with E-state index in [4.69, 9.17) is 4.74 Å². The lowest BCUT2D eigenvalue weighted by Gasteiger charge is -2.16. The van der Waals surface area contributed by atoms with Crippen molar-refractivity contribution in [2.24, 2.45) is 0 Å². The Kier molecular flexibility index (Phi) is 2.86. The van der Waals surface area contributed by atoms with Gasteiger partial charge in [0.05, 0.1) is 11.4 Å². The smallest absolute Gasteiger partial charge is 0.224 e. The molecule has 0 bridgehead atoms. The van der Waals surface area contributed by atoms with Crippen molar-refractivity contribution in [1.82, 2.24) is 4.57 Å². The summed E-state index contributed by atoms with van der Waals surface area (Å²) in [6, 6.07) is 19.4. The third-order valence-corrected chi connectivity index (χ3v) is 3.99. The summed E-state index contributed by atoms with van der Waals surface area (Å²) < 4.78 is 7.96. The summed E-state index contributed by atoms with van der Waals surface area (Å²) in [5.41, 5.74) is 3.58. The van der Waals surface area contributed by atoms with Crippen LogP contribution in [0, 0.1) is 6.92 Å². The zero-order chi connectivity index (χ0) is 15.1. The Hall–Kier alpha value is -2.81. The number of ketones is 1. The second-order valence-electron chi connectivity index (χ2n) is 5.50. The fraction of sp³-hybridized carbons (Fsp3) is 0.105. The zero-order valence-electron chi connectivity index (χ0n) is 12.2. The number of fused-ring (bicyclic) bond motifs is 3. The lowest BCUT2D eigenvalue weighted by molar-refractivity contribution is 0.0796. The number of nitrogens with zero attached hydrogens (tertiary/aromatic N) is 1. The molecule has 1 aromatic heterocycles. The monoisotopic (exact) mass is 289 g/mol. The third-order valence-electron chi connectivity index (χ3n) is 3.99. The van der Waals surface area contributed by atoms with Crippen molar-refractivity contribution in [3.05, 3.63) is 83.7 Å². The minimum Gasteiger partial charge on any atom is -0.475 e. The van der Waals surface area contributed by atoms with Crippen molar-refractivity contribution in [3.63, 3.8) is 0 Å². The van der Waals surface area contributed by atoms with Crippen LogP contribution in [-0.4, -0.2) is 10.4 Å². The van der Waals surface area contributed by atoms with E-state index in [2.05, 4.69) is 0 Å². The topological polar surface area (TPSA) is 31.2 Å². The van der Waals surface area contributed by atoms with Crippen LogP contribution in [0.1, 0.15) is 27.7 Å². The van der Waals surface area contributed by atoms with Gasteiger partial charge in [0.2, 0.25) is 5.78 Å². The van der Waals surface area contributed by atoms with Gasteiger partial charge in [-0.3, -0.25) is 4.79 Å². The highest BCUT2D eigenvalue weighted by molar-refractivity contribution is 6.00. The summed E-state index contributed by atoms with van der Waals surface area (Å²) in [7, 11) is 0. The summed E-state index contributed by atoms with van der Waals surface area (Å²) in [5.74, 6) is 0.696. The second kappa shape index (κ2) is 4.88. The van der Waals surface area contributed by atoms with E-state index in [1.54, 1.807) is 0 Å². The number of Topliss-reactive ketones (excluding diaryl/α,β-unsaturated/α-hetero) is 1. The quantitative estimate of drug-likeness (QED) is 0.675. The van der Waals surface area contributed by atoms with Gasteiger partial charge in [-0.15, -0.1) is 0 Å². The first-order valence-corrected chi connectivity index (χ1v) is 7.28. The molecular formula is C19H15NO2. The lowest BCUT2D eigenvalue weighted by Crippen LogP contribution is -2.18. The first kappa shape index (κ1) is 12.9. The van der Waals surface area contributed by atoms with Crippen LogP contribution in [0.15, 0.2) is 66.9 Å². The van der Waals surface area contributed by atoms with Crippen LogP contribution in [0.25, 0.3) is 5.69 Å². The average Bonchev–Trinajstić information content (AvgIpc) is 2.99. The van der Waals surface area contributed by atoms with Crippen molar-refractivity contribution in [2.45, 2.75) is 13.0 Å². The Morgan fingerprint density at radius 1 is 0.955 bits per heavy atom. The van der Waals surface area contributed by atoms with Crippen LogP contribution in [0.3, 0.4) is 0 Å². The highest BCUT2D eigenvalue weighted by atomic mass is 16.5. The molecule has 2 aromatic carbocycles. The zero-order valence-corrected chi connectivity index (χ0v) is 12.2. The van der Waals surface area contributed by atoms with Crippen molar-refractivity contribution < 1.29 is 9.53 Å².